The standard InChI is InChI=1S/C19H19FN4O2S/c1-12(25)21-16-9-13(7-8-14(16)20)22-19(26)10-24-17-6-4-3-5-15(17)23-18(24)11-27-2/h3-9H,10-11H2,1-2H3,(H,21,25)(H,22,26). The Morgan fingerprint density at radius 2 is 1.96 bits per heavy atom. The number of nitrogens with zero attached hydrogens (tertiary/aromatic N) is 2. The normalized spacial score (nSPS) is 10.8. The number of nitrogens with one attached hydrogen (secondary N) is 2. The van der Waals surface area contributed by atoms with Crippen molar-refractivity contribution in [1.82, 2.24) is 9.55 Å². The first-order valence-electron chi connectivity index (χ1n) is 8.28. The minimum atomic E-state index is -0.564. The molecule has 8 heteroatoms. The van der Waals surface area contributed by atoms with Gasteiger partial charge in [0, 0.05) is 12.6 Å². The van der Waals surface area contributed by atoms with Crippen molar-refractivity contribution in [2.45, 2.75) is 19.2 Å². The molecule has 0 aliphatic rings. The predicted octanol–water partition coefficient (Wildman–Crippen LogP) is 3.64. The third-order valence-corrected chi connectivity index (χ3v) is 4.42. The molecule has 27 heavy (non-hydrogen) atoms. The molecule has 0 spiro atoms. The lowest BCUT2D eigenvalue weighted by atomic mass is 10.2. The van der Waals surface area contributed by atoms with Crippen LogP contribution in [0.1, 0.15) is 12.7 Å². The zero-order valence-electron chi connectivity index (χ0n) is 15.0. The molecular formula is C19H19FN4O2S. The number of benzene rings is 2. The summed E-state index contributed by atoms with van der Waals surface area (Å²) >= 11 is 1.63. The molecule has 0 aliphatic carbocycles. The van der Waals surface area contributed by atoms with Crippen molar-refractivity contribution in [3.8, 4) is 0 Å². The number of halogens is 1. The van der Waals surface area contributed by atoms with E-state index in [4.69, 9.17) is 0 Å². The molecule has 0 fully saturated rings. The summed E-state index contributed by atoms with van der Waals surface area (Å²) in [5.74, 6) is 0.290. The summed E-state index contributed by atoms with van der Waals surface area (Å²) in [5, 5.41) is 5.14. The quantitative estimate of drug-likeness (QED) is 0.678. The number of para-hydroxylation sites is 2. The highest BCUT2D eigenvalue weighted by Gasteiger charge is 2.14. The maximum absolute atomic E-state index is 13.7. The summed E-state index contributed by atoms with van der Waals surface area (Å²) in [6.45, 7) is 1.38. The van der Waals surface area contributed by atoms with Crippen molar-refractivity contribution in [3.05, 3.63) is 54.1 Å². The van der Waals surface area contributed by atoms with Gasteiger partial charge < -0.3 is 15.2 Å². The molecule has 0 aliphatic heterocycles. The van der Waals surface area contributed by atoms with E-state index in [1.807, 2.05) is 35.1 Å². The average Bonchev–Trinajstić information content (AvgIpc) is 2.95. The molecular weight excluding hydrogens is 367 g/mol. The van der Waals surface area contributed by atoms with Gasteiger partial charge in [0.05, 0.1) is 22.5 Å². The van der Waals surface area contributed by atoms with E-state index >= 15 is 0 Å². The second kappa shape index (κ2) is 8.22. The number of thioether (sulfide) groups is 1. The molecule has 2 aromatic carbocycles. The first-order valence-corrected chi connectivity index (χ1v) is 9.67. The first kappa shape index (κ1) is 18.9. The minimum absolute atomic E-state index is 0.0245. The third kappa shape index (κ3) is 4.46. The Morgan fingerprint density at radius 3 is 2.70 bits per heavy atom. The number of hydrogen-bond donors (Lipinski definition) is 2. The molecule has 3 aromatic rings. The van der Waals surface area contributed by atoms with Gasteiger partial charge in [-0.05, 0) is 36.6 Å². The zero-order chi connectivity index (χ0) is 19.4. The van der Waals surface area contributed by atoms with Gasteiger partial charge in [-0.1, -0.05) is 12.1 Å². The van der Waals surface area contributed by atoms with Crippen LogP contribution < -0.4 is 10.6 Å². The van der Waals surface area contributed by atoms with E-state index in [1.54, 1.807) is 11.8 Å². The molecule has 3 rings (SSSR count). The van der Waals surface area contributed by atoms with Gasteiger partial charge in [0.1, 0.15) is 18.2 Å². The molecule has 6 nitrogen and oxygen atoms in total. The van der Waals surface area contributed by atoms with E-state index in [0.717, 1.165) is 16.9 Å². The Balaban J connectivity index is 1.81. The monoisotopic (exact) mass is 386 g/mol. The van der Waals surface area contributed by atoms with Crippen molar-refractivity contribution in [2.75, 3.05) is 16.9 Å². The second-order valence-corrected chi connectivity index (χ2v) is 6.83. The third-order valence-electron chi connectivity index (χ3n) is 3.87. The number of anilines is 2. The van der Waals surface area contributed by atoms with Gasteiger partial charge in [-0.2, -0.15) is 11.8 Å². The van der Waals surface area contributed by atoms with Gasteiger partial charge in [0.15, 0.2) is 0 Å². The van der Waals surface area contributed by atoms with E-state index in [-0.39, 0.29) is 24.0 Å². The lowest BCUT2D eigenvalue weighted by molar-refractivity contribution is -0.116. The van der Waals surface area contributed by atoms with Crippen molar-refractivity contribution in [3.63, 3.8) is 0 Å². The molecule has 0 atom stereocenters. The van der Waals surface area contributed by atoms with Crippen LogP contribution in [0.2, 0.25) is 0 Å². The minimum Gasteiger partial charge on any atom is -0.324 e. The van der Waals surface area contributed by atoms with Crippen LogP contribution in [-0.4, -0.2) is 27.6 Å². The Kier molecular flexibility index (Phi) is 5.75. The second-order valence-electron chi connectivity index (χ2n) is 5.96. The maximum atomic E-state index is 13.7. The lowest BCUT2D eigenvalue weighted by Gasteiger charge is -2.11. The molecule has 140 valence electrons. The van der Waals surface area contributed by atoms with E-state index < -0.39 is 5.82 Å². The first-order chi connectivity index (χ1) is 13.0. The molecule has 1 aromatic heterocycles. The molecule has 0 saturated carbocycles. The number of aromatic nitrogens is 2. The van der Waals surface area contributed by atoms with Gasteiger partial charge in [0.25, 0.3) is 0 Å². The molecule has 1 heterocycles. The number of rotatable bonds is 6. The molecule has 0 radical (unpaired) electrons. The fourth-order valence-corrected chi connectivity index (χ4v) is 3.25. The Labute approximate surface area is 160 Å². The van der Waals surface area contributed by atoms with E-state index in [9.17, 15) is 14.0 Å². The summed E-state index contributed by atoms with van der Waals surface area (Å²) in [7, 11) is 0. The number of amides is 2. The van der Waals surface area contributed by atoms with Crippen molar-refractivity contribution in [1.29, 1.82) is 0 Å². The Bertz CT molecular complexity index is 1000. The van der Waals surface area contributed by atoms with Crippen LogP contribution in [0.4, 0.5) is 15.8 Å². The van der Waals surface area contributed by atoms with Crippen LogP contribution in [0.3, 0.4) is 0 Å². The van der Waals surface area contributed by atoms with Crippen LogP contribution in [0, 0.1) is 5.82 Å². The summed E-state index contributed by atoms with van der Waals surface area (Å²) in [6, 6.07) is 11.7. The summed E-state index contributed by atoms with van der Waals surface area (Å²) < 4.78 is 15.6. The summed E-state index contributed by atoms with van der Waals surface area (Å²) in [5.41, 5.74) is 2.15. The van der Waals surface area contributed by atoms with E-state index in [2.05, 4.69) is 15.6 Å². The Hall–Kier alpha value is -2.87. The number of carbonyl (C=O) groups is 2. The van der Waals surface area contributed by atoms with Crippen LogP contribution in [0.15, 0.2) is 42.5 Å². The summed E-state index contributed by atoms with van der Waals surface area (Å²) in [6.07, 6.45) is 1.98. The van der Waals surface area contributed by atoms with Crippen molar-refractivity contribution >= 4 is 46.0 Å². The zero-order valence-corrected chi connectivity index (χ0v) is 15.8. The van der Waals surface area contributed by atoms with Gasteiger partial charge in [-0.15, -0.1) is 0 Å². The molecule has 2 N–H and O–H groups in total. The van der Waals surface area contributed by atoms with Crippen LogP contribution in [0.5, 0.6) is 0 Å². The SMILES string of the molecule is CSCc1nc2ccccc2n1CC(=O)Nc1ccc(F)c(NC(C)=O)c1. The topological polar surface area (TPSA) is 76.0 Å². The molecule has 0 saturated heterocycles. The number of fused-ring (bicyclic) bond motifs is 1. The van der Waals surface area contributed by atoms with Crippen LogP contribution in [0.25, 0.3) is 11.0 Å². The Morgan fingerprint density at radius 1 is 1.19 bits per heavy atom. The highest BCUT2D eigenvalue weighted by Crippen LogP contribution is 2.21. The summed E-state index contributed by atoms with van der Waals surface area (Å²) in [4.78, 5) is 28.3. The van der Waals surface area contributed by atoms with Crippen LogP contribution in [-0.2, 0) is 21.9 Å². The van der Waals surface area contributed by atoms with Crippen molar-refractivity contribution < 1.29 is 14.0 Å². The number of imidazole rings is 1. The predicted molar refractivity (Wildman–Crippen MR) is 106 cm³/mol. The molecule has 2 amide bonds. The molecule has 0 bridgehead atoms. The van der Waals surface area contributed by atoms with E-state index in [1.165, 1.54) is 25.1 Å². The van der Waals surface area contributed by atoms with Crippen LogP contribution >= 0.6 is 11.8 Å². The highest BCUT2D eigenvalue weighted by atomic mass is 32.2. The molecule has 0 unspecified atom stereocenters. The average molecular weight is 386 g/mol. The van der Waals surface area contributed by atoms with E-state index in [0.29, 0.717) is 11.4 Å². The number of carbonyl (C=O) groups excluding carboxylic acids is 2. The smallest absolute Gasteiger partial charge is 0.244 e. The fourth-order valence-electron chi connectivity index (χ4n) is 2.77. The van der Waals surface area contributed by atoms with Gasteiger partial charge in [0.2, 0.25) is 11.8 Å². The lowest BCUT2D eigenvalue weighted by Crippen LogP contribution is -2.20. The van der Waals surface area contributed by atoms with Gasteiger partial charge in [-0.3, -0.25) is 9.59 Å². The fraction of sp³-hybridized carbons (Fsp3) is 0.211. The maximum Gasteiger partial charge on any atom is 0.244 e. The van der Waals surface area contributed by atoms with Gasteiger partial charge >= 0.3 is 0 Å². The highest BCUT2D eigenvalue weighted by molar-refractivity contribution is 7.97. The largest absolute Gasteiger partial charge is 0.324 e. The number of hydrogen-bond acceptors (Lipinski definition) is 4. The van der Waals surface area contributed by atoms with Gasteiger partial charge in [-0.25, -0.2) is 9.37 Å². The van der Waals surface area contributed by atoms with Crippen molar-refractivity contribution in [2.24, 2.45) is 0 Å².